The first-order chi connectivity index (χ1) is 9.40. The van der Waals surface area contributed by atoms with Gasteiger partial charge in [0, 0.05) is 17.8 Å². The van der Waals surface area contributed by atoms with Gasteiger partial charge in [-0.3, -0.25) is 0 Å². The van der Waals surface area contributed by atoms with Crippen molar-refractivity contribution >= 4 is 24.2 Å². The van der Waals surface area contributed by atoms with E-state index >= 15 is 0 Å². The standard InChI is InChI=1S/C13H18BNO5/c1-9(2)13(17)20-8-12(16)7-15-11-5-3-4-10(6-11)14(18)19/h3-6,12,15-16,18-19H,1,7-8H2,2H3. The summed E-state index contributed by atoms with van der Waals surface area (Å²) in [5.74, 6) is -0.547. The Morgan fingerprint density at radius 1 is 1.50 bits per heavy atom. The lowest BCUT2D eigenvalue weighted by molar-refractivity contribution is -0.141. The minimum atomic E-state index is -1.54. The van der Waals surface area contributed by atoms with E-state index in [1.807, 2.05) is 0 Å². The van der Waals surface area contributed by atoms with Gasteiger partial charge in [-0.15, -0.1) is 0 Å². The summed E-state index contributed by atoms with van der Waals surface area (Å²) in [7, 11) is -1.54. The van der Waals surface area contributed by atoms with Crippen molar-refractivity contribution in [2.75, 3.05) is 18.5 Å². The van der Waals surface area contributed by atoms with Crippen molar-refractivity contribution in [1.29, 1.82) is 0 Å². The van der Waals surface area contributed by atoms with Crippen molar-refractivity contribution in [2.24, 2.45) is 0 Å². The second-order valence-corrected chi connectivity index (χ2v) is 4.41. The molecular formula is C13H18BNO5. The molecule has 0 aliphatic heterocycles. The maximum atomic E-state index is 11.1. The number of benzene rings is 1. The van der Waals surface area contributed by atoms with Crippen LogP contribution in [0.4, 0.5) is 5.69 Å². The third-order valence-corrected chi connectivity index (χ3v) is 2.48. The number of esters is 1. The molecule has 0 fully saturated rings. The topological polar surface area (TPSA) is 99.0 Å². The molecule has 0 radical (unpaired) electrons. The third kappa shape index (κ3) is 5.44. The minimum Gasteiger partial charge on any atom is -0.460 e. The molecule has 0 aliphatic carbocycles. The molecule has 20 heavy (non-hydrogen) atoms. The van der Waals surface area contributed by atoms with Crippen LogP contribution in [0.15, 0.2) is 36.4 Å². The van der Waals surface area contributed by atoms with Crippen molar-refractivity contribution in [3.05, 3.63) is 36.4 Å². The fourth-order valence-corrected chi connectivity index (χ4v) is 1.40. The van der Waals surface area contributed by atoms with Gasteiger partial charge in [0.25, 0.3) is 0 Å². The summed E-state index contributed by atoms with van der Waals surface area (Å²) in [6, 6.07) is 6.50. The summed E-state index contributed by atoms with van der Waals surface area (Å²) in [6.07, 6.45) is -0.874. The van der Waals surface area contributed by atoms with Gasteiger partial charge < -0.3 is 25.2 Å². The van der Waals surface area contributed by atoms with Gasteiger partial charge >= 0.3 is 13.1 Å². The maximum Gasteiger partial charge on any atom is 0.488 e. The molecule has 0 aliphatic rings. The molecule has 1 rings (SSSR count). The average molecular weight is 279 g/mol. The Hall–Kier alpha value is -1.83. The number of ether oxygens (including phenoxy) is 1. The molecule has 1 aromatic carbocycles. The monoisotopic (exact) mass is 279 g/mol. The lowest BCUT2D eigenvalue weighted by atomic mass is 9.80. The van der Waals surface area contributed by atoms with Gasteiger partial charge in [-0.1, -0.05) is 18.7 Å². The van der Waals surface area contributed by atoms with Crippen LogP contribution in [0.5, 0.6) is 0 Å². The lowest BCUT2D eigenvalue weighted by Crippen LogP contribution is -2.30. The Labute approximate surface area is 117 Å². The van der Waals surface area contributed by atoms with Gasteiger partial charge in [0.2, 0.25) is 0 Å². The van der Waals surface area contributed by atoms with Crippen molar-refractivity contribution in [3.63, 3.8) is 0 Å². The van der Waals surface area contributed by atoms with Crippen LogP contribution in [-0.4, -0.2) is 47.5 Å². The molecule has 0 spiro atoms. The molecule has 6 nitrogen and oxygen atoms in total. The summed E-state index contributed by atoms with van der Waals surface area (Å²) >= 11 is 0. The highest BCUT2D eigenvalue weighted by Gasteiger charge is 2.12. The van der Waals surface area contributed by atoms with Crippen molar-refractivity contribution < 1.29 is 24.7 Å². The SMILES string of the molecule is C=C(C)C(=O)OCC(O)CNc1cccc(B(O)O)c1. The summed E-state index contributed by atoms with van der Waals surface area (Å²) in [4.78, 5) is 11.1. The number of nitrogens with one attached hydrogen (secondary N) is 1. The zero-order valence-corrected chi connectivity index (χ0v) is 11.2. The quantitative estimate of drug-likeness (QED) is 0.298. The summed E-state index contributed by atoms with van der Waals surface area (Å²) in [6.45, 7) is 4.98. The van der Waals surface area contributed by atoms with Crippen LogP contribution >= 0.6 is 0 Å². The van der Waals surface area contributed by atoms with Crippen LogP contribution in [-0.2, 0) is 9.53 Å². The van der Waals surface area contributed by atoms with Crippen molar-refractivity contribution in [3.8, 4) is 0 Å². The summed E-state index contributed by atoms with van der Waals surface area (Å²) in [5.41, 5.74) is 1.24. The number of anilines is 1. The van der Waals surface area contributed by atoms with Crippen molar-refractivity contribution in [1.82, 2.24) is 0 Å². The molecule has 4 N–H and O–H groups in total. The molecule has 0 aromatic heterocycles. The van der Waals surface area contributed by atoms with E-state index in [4.69, 9.17) is 14.8 Å². The van der Waals surface area contributed by atoms with E-state index in [2.05, 4.69) is 11.9 Å². The van der Waals surface area contributed by atoms with E-state index in [0.717, 1.165) is 0 Å². The van der Waals surface area contributed by atoms with E-state index in [0.29, 0.717) is 11.2 Å². The Morgan fingerprint density at radius 2 is 2.20 bits per heavy atom. The van der Waals surface area contributed by atoms with Gasteiger partial charge in [-0.05, 0) is 24.5 Å². The predicted molar refractivity (Wildman–Crippen MR) is 76.5 cm³/mol. The van der Waals surface area contributed by atoms with Gasteiger partial charge in [0.15, 0.2) is 0 Å². The van der Waals surface area contributed by atoms with Crippen LogP contribution in [0, 0.1) is 0 Å². The Morgan fingerprint density at radius 3 is 2.80 bits per heavy atom. The smallest absolute Gasteiger partial charge is 0.460 e. The van der Waals surface area contributed by atoms with Gasteiger partial charge in [-0.25, -0.2) is 4.79 Å². The van der Waals surface area contributed by atoms with Crippen LogP contribution < -0.4 is 10.8 Å². The lowest BCUT2D eigenvalue weighted by Gasteiger charge is -2.13. The molecule has 1 atom stereocenters. The van der Waals surface area contributed by atoms with Crippen molar-refractivity contribution in [2.45, 2.75) is 13.0 Å². The summed E-state index contributed by atoms with van der Waals surface area (Å²) < 4.78 is 4.81. The fourth-order valence-electron chi connectivity index (χ4n) is 1.40. The van der Waals surface area contributed by atoms with Gasteiger partial charge in [0.1, 0.15) is 12.7 Å². The second-order valence-electron chi connectivity index (χ2n) is 4.41. The maximum absolute atomic E-state index is 11.1. The number of aliphatic hydroxyl groups is 1. The molecule has 7 heteroatoms. The zero-order valence-electron chi connectivity index (χ0n) is 11.2. The highest BCUT2D eigenvalue weighted by molar-refractivity contribution is 6.58. The highest BCUT2D eigenvalue weighted by atomic mass is 16.5. The second kappa shape index (κ2) is 7.69. The molecule has 0 bridgehead atoms. The number of aliphatic hydroxyl groups excluding tert-OH is 1. The first-order valence-corrected chi connectivity index (χ1v) is 6.11. The Bertz CT molecular complexity index is 478. The van der Waals surface area contributed by atoms with E-state index in [-0.39, 0.29) is 18.7 Å². The first kappa shape index (κ1) is 16.2. The molecule has 0 saturated heterocycles. The molecular weight excluding hydrogens is 261 g/mol. The predicted octanol–water partition coefficient (Wildman–Crippen LogP) is -0.742. The molecule has 0 heterocycles. The van der Waals surface area contributed by atoms with E-state index < -0.39 is 19.2 Å². The molecule has 0 saturated carbocycles. The number of hydrogen-bond acceptors (Lipinski definition) is 6. The van der Waals surface area contributed by atoms with Crippen LogP contribution in [0.2, 0.25) is 0 Å². The molecule has 1 aromatic rings. The average Bonchev–Trinajstić information content (AvgIpc) is 2.42. The van der Waals surface area contributed by atoms with Gasteiger partial charge in [0.05, 0.1) is 0 Å². The van der Waals surface area contributed by atoms with Crippen LogP contribution in [0.1, 0.15) is 6.92 Å². The van der Waals surface area contributed by atoms with Crippen LogP contribution in [0.3, 0.4) is 0 Å². The number of carbonyl (C=O) groups is 1. The third-order valence-electron chi connectivity index (χ3n) is 2.48. The number of rotatable bonds is 7. The molecule has 108 valence electrons. The summed E-state index contributed by atoms with van der Waals surface area (Å²) in [5, 5.41) is 30.6. The molecule has 1 unspecified atom stereocenters. The highest BCUT2D eigenvalue weighted by Crippen LogP contribution is 2.04. The largest absolute Gasteiger partial charge is 0.488 e. The number of hydrogen-bond donors (Lipinski definition) is 4. The number of carbonyl (C=O) groups excluding carboxylic acids is 1. The van der Waals surface area contributed by atoms with Crippen LogP contribution in [0.25, 0.3) is 0 Å². The molecule has 0 amide bonds. The zero-order chi connectivity index (χ0) is 15.1. The Balaban J connectivity index is 2.41. The Kier molecular flexibility index (Phi) is 6.24. The minimum absolute atomic E-state index is 0.138. The fraction of sp³-hybridized carbons (Fsp3) is 0.308. The van der Waals surface area contributed by atoms with E-state index in [9.17, 15) is 9.90 Å². The first-order valence-electron chi connectivity index (χ1n) is 6.11. The normalized spacial score (nSPS) is 11.6. The van der Waals surface area contributed by atoms with E-state index in [1.54, 1.807) is 24.3 Å². The van der Waals surface area contributed by atoms with Gasteiger partial charge in [-0.2, -0.15) is 0 Å². The van der Waals surface area contributed by atoms with E-state index in [1.165, 1.54) is 6.92 Å².